The van der Waals surface area contributed by atoms with Gasteiger partial charge in [0, 0.05) is 31.7 Å². The van der Waals surface area contributed by atoms with Crippen molar-refractivity contribution in [3.63, 3.8) is 0 Å². The third-order valence-electron chi connectivity index (χ3n) is 5.12. The molecule has 1 aliphatic rings. The molecule has 1 aliphatic heterocycles. The number of amides is 1. The fraction of sp³-hybridized carbons (Fsp3) is 0.409. The van der Waals surface area contributed by atoms with Crippen LogP contribution < -0.4 is 4.74 Å². The number of rotatable bonds is 5. The topological polar surface area (TPSA) is 32.8 Å². The van der Waals surface area contributed by atoms with Gasteiger partial charge in [-0.25, -0.2) is 4.39 Å². The molecular weight excluding hydrogens is 343 g/mol. The lowest BCUT2D eigenvalue weighted by molar-refractivity contribution is -0.139. The first-order chi connectivity index (χ1) is 12.9. The van der Waals surface area contributed by atoms with E-state index in [1.54, 1.807) is 0 Å². The van der Waals surface area contributed by atoms with E-state index in [9.17, 15) is 9.18 Å². The molecule has 0 saturated carbocycles. The fourth-order valence-corrected chi connectivity index (χ4v) is 3.45. The Kier molecular flexibility index (Phi) is 6.11. The van der Waals surface area contributed by atoms with E-state index in [2.05, 4.69) is 18.7 Å². The highest BCUT2D eigenvalue weighted by molar-refractivity contribution is 5.78. The van der Waals surface area contributed by atoms with Crippen LogP contribution in [-0.2, 0) is 11.3 Å². The van der Waals surface area contributed by atoms with Crippen molar-refractivity contribution in [1.29, 1.82) is 0 Å². The third kappa shape index (κ3) is 5.07. The standard InChI is InChI=1S/C22H27FN2O2/c1-16-4-10-21(11-5-16)27-15-22(26)25-13-17(2)24(12-18(25)3)14-19-6-8-20(23)9-7-19/h4-11,17-18H,12-15H2,1-3H3. The maximum atomic E-state index is 13.1. The van der Waals surface area contributed by atoms with E-state index >= 15 is 0 Å². The minimum absolute atomic E-state index is 0.0105. The number of carbonyl (C=O) groups is 1. The Hall–Kier alpha value is -2.40. The molecule has 5 heteroatoms. The third-order valence-corrected chi connectivity index (χ3v) is 5.12. The number of ether oxygens (including phenoxy) is 1. The molecule has 2 aromatic carbocycles. The summed E-state index contributed by atoms with van der Waals surface area (Å²) in [7, 11) is 0. The van der Waals surface area contributed by atoms with Crippen LogP contribution >= 0.6 is 0 Å². The highest BCUT2D eigenvalue weighted by Gasteiger charge is 2.32. The van der Waals surface area contributed by atoms with Crippen LogP contribution in [0.1, 0.15) is 25.0 Å². The van der Waals surface area contributed by atoms with E-state index < -0.39 is 0 Å². The molecule has 1 fully saturated rings. The molecule has 144 valence electrons. The van der Waals surface area contributed by atoms with Crippen molar-refractivity contribution in [1.82, 2.24) is 9.80 Å². The molecule has 0 radical (unpaired) electrons. The van der Waals surface area contributed by atoms with Gasteiger partial charge in [-0.05, 0) is 50.6 Å². The van der Waals surface area contributed by atoms with E-state index in [1.807, 2.05) is 48.2 Å². The van der Waals surface area contributed by atoms with Gasteiger partial charge in [0.25, 0.3) is 5.91 Å². The zero-order valence-electron chi connectivity index (χ0n) is 16.2. The first kappa shape index (κ1) is 19.4. The van der Waals surface area contributed by atoms with Crippen molar-refractivity contribution in [2.45, 2.75) is 39.4 Å². The van der Waals surface area contributed by atoms with Gasteiger partial charge in [0.1, 0.15) is 11.6 Å². The summed E-state index contributed by atoms with van der Waals surface area (Å²) in [6.07, 6.45) is 0. The number of nitrogens with zero attached hydrogens (tertiary/aromatic N) is 2. The van der Waals surface area contributed by atoms with Gasteiger partial charge in [0.05, 0.1) is 0 Å². The summed E-state index contributed by atoms with van der Waals surface area (Å²) in [5.74, 6) is 0.505. The molecule has 3 rings (SSSR count). The van der Waals surface area contributed by atoms with Crippen LogP contribution in [0.25, 0.3) is 0 Å². The van der Waals surface area contributed by atoms with E-state index in [1.165, 1.54) is 12.1 Å². The molecule has 1 heterocycles. The van der Waals surface area contributed by atoms with Gasteiger partial charge in [0.2, 0.25) is 0 Å². The predicted octanol–water partition coefficient (Wildman–Crippen LogP) is 3.63. The number of hydrogen-bond donors (Lipinski definition) is 0. The second-order valence-corrected chi connectivity index (χ2v) is 7.40. The average Bonchev–Trinajstić information content (AvgIpc) is 2.65. The molecular formula is C22H27FN2O2. The Morgan fingerprint density at radius 3 is 2.37 bits per heavy atom. The Labute approximate surface area is 160 Å². The Morgan fingerprint density at radius 1 is 1.04 bits per heavy atom. The van der Waals surface area contributed by atoms with Crippen LogP contribution in [0.15, 0.2) is 48.5 Å². The molecule has 4 nitrogen and oxygen atoms in total. The van der Waals surface area contributed by atoms with Gasteiger partial charge in [-0.1, -0.05) is 29.8 Å². The SMILES string of the molecule is Cc1ccc(OCC(=O)N2CC(C)N(Cc3ccc(F)cc3)CC2C)cc1. The number of benzene rings is 2. The molecule has 2 unspecified atom stereocenters. The van der Waals surface area contributed by atoms with Crippen molar-refractivity contribution in [3.05, 3.63) is 65.5 Å². The largest absolute Gasteiger partial charge is 0.484 e. The number of halogens is 1. The van der Waals surface area contributed by atoms with Gasteiger partial charge in [-0.3, -0.25) is 9.69 Å². The number of carbonyl (C=O) groups excluding carboxylic acids is 1. The van der Waals surface area contributed by atoms with Gasteiger partial charge < -0.3 is 9.64 Å². The zero-order chi connectivity index (χ0) is 19.4. The van der Waals surface area contributed by atoms with Gasteiger partial charge in [-0.15, -0.1) is 0 Å². The van der Waals surface area contributed by atoms with Gasteiger partial charge >= 0.3 is 0 Å². The second-order valence-electron chi connectivity index (χ2n) is 7.40. The molecule has 0 aliphatic carbocycles. The summed E-state index contributed by atoms with van der Waals surface area (Å²) in [6, 6.07) is 14.7. The van der Waals surface area contributed by atoms with Crippen LogP contribution in [0.3, 0.4) is 0 Å². The number of piperazine rings is 1. The molecule has 0 bridgehead atoms. The lowest BCUT2D eigenvalue weighted by Crippen LogP contribution is -2.58. The molecule has 0 N–H and O–H groups in total. The molecule has 27 heavy (non-hydrogen) atoms. The minimum atomic E-state index is -0.218. The molecule has 2 aromatic rings. The van der Waals surface area contributed by atoms with Crippen molar-refractivity contribution in [2.75, 3.05) is 19.7 Å². The summed E-state index contributed by atoms with van der Waals surface area (Å²) in [5.41, 5.74) is 2.24. The van der Waals surface area contributed by atoms with Crippen molar-refractivity contribution < 1.29 is 13.9 Å². The van der Waals surface area contributed by atoms with Crippen LogP contribution in [0.2, 0.25) is 0 Å². The maximum absolute atomic E-state index is 13.1. The molecule has 2 atom stereocenters. The van der Waals surface area contributed by atoms with E-state index in [0.717, 1.165) is 24.2 Å². The first-order valence-electron chi connectivity index (χ1n) is 9.40. The summed E-state index contributed by atoms with van der Waals surface area (Å²) in [6.45, 7) is 8.46. The Balaban J connectivity index is 1.54. The first-order valence-corrected chi connectivity index (χ1v) is 9.40. The van der Waals surface area contributed by atoms with Crippen LogP contribution in [-0.4, -0.2) is 47.5 Å². The highest BCUT2D eigenvalue weighted by Crippen LogP contribution is 2.19. The summed E-state index contributed by atoms with van der Waals surface area (Å²) in [5, 5.41) is 0. The van der Waals surface area contributed by atoms with Crippen molar-refractivity contribution >= 4 is 5.91 Å². The highest BCUT2D eigenvalue weighted by atomic mass is 19.1. The monoisotopic (exact) mass is 370 g/mol. The number of hydrogen-bond acceptors (Lipinski definition) is 3. The van der Waals surface area contributed by atoms with Crippen molar-refractivity contribution in [2.24, 2.45) is 0 Å². The normalized spacial score (nSPS) is 20.5. The Morgan fingerprint density at radius 2 is 1.70 bits per heavy atom. The quantitative estimate of drug-likeness (QED) is 0.806. The van der Waals surface area contributed by atoms with E-state index in [0.29, 0.717) is 12.3 Å². The summed E-state index contributed by atoms with van der Waals surface area (Å²) in [4.78, 5) is 16.9. The van der Waals surface area contributed by atoms with E-state index in [-0.39, 0.29) is 30.4 Å². The molecule has 0 aromatic heterocycles. The predicted molar refractivity (Wildman–Crippen MR) is 104 cm³/mol. The fourth-order valence-electron chi connectivity index (χ4n) is 3.45. The van der Waals surface area contributed by atoms with Crippen LogP contribution in [0, 0.1) is 12.7 Å². The average molecular weight is 370 g/mol. The van der Waals surface area contributed by atoms with Crippen LogP contribution in [0.5, 0.6) is 5.75 Å². The number of aryl methyl sites for hydroxylation is 1. The molecule has 0 spiro atoms. The van der Waals surface area contributed by atoms with Gasteiger partial charge in [0.15, 0.2) is 6.61 Å². The minimum Gasteiger partial charge on any atom is -0.484 e. The summed E-state index contributed by atoms with van der Waals surface area (Å²) >= 11 is 0. The molecule has 1 saturated heterocycles. The molecule has 1 amide bonds. The van der Waals surface area contributed by atoms with Crippen molar-refractivity contribution in [3.8, 4) is 5.75 Å². The second kappa shape index (κ2) is 8.53. The van der Waals surface area contributed by atoms with Gasteiger partial charge in [-0.2, -0.15) is 0 Å². The summed E-state index contributed by atoms with van der Waals surface area (Å²) < 4.78 is 18.7. The van der Waals surface area contributed by atoms with E-state index in [4.69, 9.17) is 4.74 Å². The Bertz CT molecular complexity index is 761. The van der Waals surface area contributed by atoms with Crippen LogP contribution in [0.4, 0.5) is 4.39 Å². The lowest BCUT2D eigenvalue weighted by Gasteiger charge is -2.44. The smallest absolute Gasteiger partial charge is 0.260 e. The zero-order valence-corrected chi connectivity index (χ0v) is 16.2. The maximum Gasteiger partial charge on any atom is 0.260 e. The lowest BCUT2D eigenvalue weighted by atomic mass is 10.1.